The van der Waals surface area contributed by atoms with Crippen molar-refractivity contribution in [1.29, 1.82) is 0 Å². The van der Waals surface area contributed by atoms with Crippen LogP contribution in [0.15, 0.2) is 0 Å². The molecule has 0 radical (unpaired) electrons. The van der Waals surface area contributed by atoms with E-state index in [2.05, 4.69) is 22.5 Å². The fourth-order valence-corrected chi connectivity index (χ4v) is 2.62. The predicted octanol–water partition coefficient (Wildman–Crippen LogP) is 0.585. The molecule has 0 aromatic carbocycles. The highest BCUT2D eigenvalue weighted by atomic mass is 16.2. The van der Waals surface area contributed by atoms with E-state index in [0.717, 1.165) is 31.8 Å². The SMILES string of the molecule is CC1CCC(NC(=O)CN(C)C2CNC2)CC1. The average Bonchev–Trinajstić information content (AvgIpc) is 2.18. The summed E-state index contributed by atoms with van der Waals surface area (Å²) in [6.45, 7) is 4.88. The number of hydrogen-bond donors (Lipinski definition) is 2. The summed E-state index contributed by atoms with van der Waals surface area (Å²) in [7, 11) is 2.04. The van der Waals surface area contributed by atoms with Crippen LogP contribution in [0.2, 0.25) is 0 Å². The molecular formula is C13H25N3O. The lowest BCUT2D eigenvalue weighted by atomic mass is 9.87. The third-order valence-electron chi connectivity index (χ3n) is 4.16. The molecule has 4 heteroatoms. The van der Waals surface area contributed by atoms with Gasteiger partial charge in [-0.15, -0.1) is 0 Å². The summed E-state index contributed by atoms with van der Waals surface area (Å²) < 4.78 is 0. The number of likely N-dealkylation sites (N-methyl/N-ethyl adjacent to an activating group) is 1. The van der Waals surface area contributed by atoms with Gasteiger partial charge in [0.25, 0.3) is 0 Å². The number of nitrogens with zero attached hydrogens (tertiary/aromatic N) is 1. The fraction of sp³-hybridized carbons (Fsp3) is 0.923. The second kappa shape index (κ2) is 5.83. The van der Waals surface area contributed by atoms with Crippen LogP contribution in [-0.4, -0.2) is 49.6 Å². The molecule has 0 atom stereocenters. The Morgan fingerprint density at radius 2 is 1.94 bits per heavy atom. The van der Waals surface area contributed by atoms with Gasteiger partial charge in [-0.25, -0.2) is 0 Å². The Kier molecular flexibility index (Phi) is 4.40. The maximum absolute atomic E-state index is 11.9. The van der Waals surface area contributed by atoms with Gasteiger partial charge < -0.3 is 10.6 Å². The molecule has 1 saturated heterocycles. The number of nitrogens with one attached hydrogen (secondary N) is 2. The Balaban J connectivity index is 1.66. The maximum Gasteiger partial charge on any atom is 0.234 e. The van der Waals surface area contributed by atoms with Crippen LogP contribution < -0.4 is 10.6 Å². The van der Waals surface area contributed by atoms with Gasteiger partial charge in [-0.1, -0.05) is 6.92 Å². The van der Waals surface area contributed by atoms with E-state index in [1.165, 1.54) is 12.8 Å². The highest BCUT2D eigenvalue weighted by Gasteiger charge is 2.24. The van der Waals surface area contributed by atoms with Gasteiger partial charge in [-0.3, -0.25) is 9.69 Å². The number of hydrogen-bond acceptors (Lipinski definition) is 3. The Bertz CT molecular complexity index is 257. The van der Waals surface area contributed by atoms with Crippen molar-refractivity contribution in [1.82, 2.24) is 15.5 Å². The lowest BCUT2D eigenvalue weighted by Gasteiger charge is -2.35. The van der Waals surface area contributed by atoms with Crippen LogP contribution in [0.4, 0.5) is 0 Å². The molecule has 4 nitrogen and oxygen atoms in total. The zero-order valence-corrected chi connectivity index (χ0v) is 11.0. The summed E-state index contributed by atoms with van der Waals surface area (Å²) in [6, 6.07) is 0.971. The van der Waals surface area contributed by atoms with E-state index < -0.39 is 0 Å². The van der Waals surface area contributed by atoms with Gasteiger partial charge in [0.05, 0.1) is 6.54 Å². The molecule has 0 spiro atoms. The molecular weight excluding hydrogens is 214 g/mol. The van der Waals surface area contributed by atoms with Gasteiger partial charge in [-0.05, 0) is 38.6 Å². The second-order valence-corrected chi connectivity index (χ2v) is 5.75. The zero-order chi connectivity index (χ0) is 12.3. The van der Waals surface area contributed by atoms with Crippen LogP contribution >= 0.6 is 0 Å². The molecule has 0 aromatic rings. The van der Waals surface area contributed by atoms with Crippen LogP contribution in [0.3, 0.4) is 0 Å². The predicted molar refractivity (Wildman–Crippen MR) is 68.9 cm³/mol. The van der Waals surface area contributed by atoms with Crippen LogP contribution in [0.5, 0.6) is 0 Å². The van der Waals surface area contributed by atoms with Gasteiger partial charge in [0, 0.05) is 25.2 Å². The van der Waals surface area contributed by atoms with Gasteiger partial charge in [0.15, 0.2) is 0 Å². The molecule has 17 heavy (non-hydrogen) atoms. The summed E-state index contributed by atoms with van der Waals surface area (Å²) in [4.78, 5) is 14.0. The minimum Gasteiger partial charge on any atom is -0.352 e. The molecule has 2 rings (SSSR count). The van der Waals surface area contributed by atoms with Crippen molar-refractivity contribution in [2.75, 3.05) is 26.7 Å². The summed E-state index contributed by atoms with van der Waals surface area (Å²) in [5, 5.41) is 6.40. The molecule has 2 aliphatic rings. The Hall–Kier alpha value is -0.610. The summed E-state index contributed by atoms with van der Waals surface area (Å²) in [5.41, 5.74) is 0. The quantitative estimate of drug-likeness (QED) is 0.754. The Labute approximate surface area is 104 Å². The monoisotopic (exact) mass is 239 g/mol. The number of amides is 1. The van der Waals surface area contributed by atoms with Crippen molar-refractivity contribution in [3.63, 3.8) is 0 Å². The van der Waals surface area contributed by atoms with Gasteiger partial charge in [0.2, 0.25) is 5.91 Å². The van der Waals surface area contributed by atoms with Crippen LogP contribution in [0.25, 0.3) is 0 Å². The van der Waals surface area contributed by atoms with Crippen LogP contribution in [0, 0.1) is 5.92 Å². The van der Waals surface area contributed by atoms with Crippen molar-refractivity contribution >= 4 is 5.91 Å². The van der Waals surface area contributed by atoms with Gasteiger partial charge in [-0.2, -0.15) is 0 Å². The fourth-order valence-electron chi connectivity index (χ4n) is 2.62. The first kappa shape index (κ1) is 12.8. The molecule has 1 aliphatic heterocycles. The van der Waals surface area contributed by atoms with Crippen molar-refractivity contribution in [3.05, 3.63) is 0 Å². The summed E-state index contributed by atoms with van der Waals surface area (Å²) in [6.07, 6.45) is 4.82. The van der Waals surface area contributed by atoms with E-state index >= 15 is 0 Å². The first-order valence-electron chi connectivity index (χ1n) is 6.85. The van der Waals surface area contributed by atoms with Gasteiger partial charge in [0.1, 0.15) is 0 Å². The Morgan fingerprint density at radius 3 is 2.47 bits per heavy atom. The largest absolute Gasteiger partial charge is 0.352 e. The van der Waals surface area contributed by atoms with Gasteiger partial charge >= 0.3 is 0 Å². The Morgan fingerprint density at radius 1 is 1.29 bits per heavy atom. The summed E-state index contributed by atoms with van der Waals surface area (Å²) >= 11 is 0. The van der Waals surface area contributed by atoms with Crippen molar-refractivity contribution in [2.24, 2.45) is 5.92 Å². The van der Waals surface area contributed by atoms with E-state index in [1.54, 1.807) is 0 Å². The zero-order valence-electron chi connectivity index (χ0n) is 11.0. The van der Waals surface area contributed by atoms with Crippen molar-refractivity contribution < 1.29 is 4.79 Å². The van der Waals surface area contributed by atoms with E-state index in [9.17, 15) is 4.79 Å². The number of carbonyl (C=O) groups is 1. The molecule has 1 aliphatic carbocycles. The molecule has 2 fully saturated rings. The first-order chi connectivity index (χ1) is 8.15. The first-order valence-corrected chi connectivity index (χ1v) is 6.85. The molecule has 1 amide bonds. The smallest absolute Gasteiger partial charge is 0.234 e. The lowest BCUT2D eigenvalue weighted by molar-refractivity contribution is -0.123. The maximum atomic E-state index is 11.9. The average molecular weight is 239 g/mol. The third-order valence-corrected chi connectivity index (χ3v) is 4.16. The second-order valence-electron chi connectivity index (χ2n) is 5.75. The standard InChI is InChI=1S/C13H25N3O/c1-10-3-5-11(6-4-10)15-13(17)9-16(2)12-7-14-8-12/h10-12,14H,3-9H2,1-2H3,(H,15,17). The molecule has 98 valence electrons. The van der Waals surface area contributed by atoms with E-state index in [1.807, 2.05) is 7.05 Å². The van der Waals surface area contributed by atoms with E-state index in [0.29, 0.717) is 18.6 Å². The van der Waals surface area contributed by atoms with E-state index in [4.69, 9.17) is 0 Å². The normalized spacial score (nSPS) is 30.1. The minimum absolute atomic E-state index is 0.193. The van der Waals surface area contributed by atoms with Crippen molar-refractivity contribution in [3.8, 4) is 0 Å². The van der Waals surface area contributed by atoms with Crippen molar-refractivity contribution in [2.45, 2.75) is 44.7 Å². The minimum atomic E-state index is 0.193. The molecule has 2 N–H and O–H groups in total. The highest BCUT2D eigenvalue weighted by Crippen LogP contribution is 2.23. The molecule has 1 saturated carbocycles. The lowest BCUT2D eigenvalue weighted by Crippen LogP contribution is -2.58. The number of carbonyl (C=O) groups excluding carboxylic acids is 1. The molecule has 0 bridgehead atoms. The number of rotatable bonds is 4. The topological polar surface area (TPSA) is 44.4 Å². The van der Waals surface area contributed by atoms with Crippen LogP contribution in [-0.2, 0) is 4.79 Å². The highest BCUT2D eigenvalue weighted by molar-refractivity contribution is 5.78. The third kappa shape index (κ3) is 3.68. The molecule has 0 unspecified atom stereocenters. The van der Waals surface area contributed by atoms with Crippen LogP contribution in [0.1, 0.15) is 32.6 Å². The molecule has 1 heterocycles. The summed E-state index contributed by atoms with van der Waals surface area (Å²) in [5.74, 6) is 1.03. The van der Waals surface area contributed by atoms with E-state index in [-0.39, 0.29) is 5.91 Å². The molecule has 0 aromatic heterocycles.